The van der Waals surface area contributed by atoms with Crippen molar-refractivity contribution in [3.8, 4) is 11.5 Å². The second-order valence-electron chi connectivity index (χ2n) is 9.35. The minimum absolute atomic E-state index is 0.262. The third kappa shape index (κ3) is 6.72. The zero-order valence-electron chi connectivity index (χ0n) is 22.3. The second kappa shape index (κ2) is 12.5. The molecule has 1 aromatic heterocycles. The summed E-state index contributed by atoms with van der Waals surface area (Å²) in [5.74, 6) is 0.269. The first kappa shape index (κ1) is 28.4. The number of carbonyl (C=O) groups is 3. The summed E-state index contributed by atoms with van der Waals surface area (Å²) in [6, 6.07) is 11.4. The standard InChI is InChI=1S/C29H31ClN2O6S/c1-5-37-29(35)25-21-12-6-16(2)14-24(21)39-28(25)32-27(34)18-7-10-20(11-8-18)38-17(3)26(33)31-22-15-19(30)9-13-23(22)36-4/h7-11,13,15-17H,5-6,12,14H2,1-4H3,(H,31,33)(H,32,34)/t16-,17+/m0/s1. The van der Waals surface area contributed by atoms with Crippen molar-refractivity contribution in [3.63, 3.8) is 0 Å². The Morgan fingerprint density at radius 3 is 2.56 bits per heavy atom. The molecule has 4 rings (SSSR count). The highest BCUT2D eigenvalue weighted by atomic mass is 35.5. The van der Waals surface area contributed by atoms with E-state index in [9.17, 15) is 14.4 Å². The van der Waals surface area contributed by atoms with Crippen LogP contribution in [0.3, 0.4) is 0 Å². The first-order valence-electron chi connectivity index (χ1n) is 12.7. The van der Waals surface area contributed by atoms with E-state index in [1.807, 2.05) is 0 Å². The van der Waals surface area contributed by atoms with Crippen molar-refractivity contribution < 1.29 is 28.6 Å². The van der Waals surface area contributed by atoms with Gasteiger partial charge in [-0.05, 0) is 87.1 Å². The molecule has 0 spiro atoms. The molecule has 0 radical (unpaired) electrons. The minimum atomic E-state index is -0.833. The fraction of sp³-hybridized carbons (Fsp3) is 0.345. The van der Waals surface area contributed by atoms with Crippen LogP contribution in [0.4, 0.5) is 10.7 Å². The number of rotatable bonds is 9. The lowest BCUT2D eigenvalue weighted by molar-refractivity contribution is -0.122. The van der Waals surface area contributed by atoms with Crippen molar-refractivity contribution in [3.05, 3.63) is 69.1 Å². The van der Waals surface area contributed by atoms with E-state index in [1.54, 1.807) is 56.3 Å². The highest BCUT2D eigenvalue weighted by molar-refractivity contribution is 7.17. The zero-order valence-corrected chi connectivity index (χ0v) is 23.8. The minimum Gasteiger partial charge on any atom is -0.495 e. The van der Waals surface area contributed by atoms with Crippen LogP contribution in [0.2, 0.25) is 5.02 Å². The molecular weight excluding hydrogens is 540 g/mol. The van der Waals surface area contributed by atoms with Gasteiger partial charge in [-0.25, -0.2) is 4.79 Å². The number of hydrogen-bond donors (Lipinski definition) is 2. The number of fused-ring (bicyclic) bond motifs is 1. The van der Waals surface area contributed by atoms with Crippen LogP contribution in [0, 0.1) is 5.92 Å². The van der Waals surface area contributed by atoms with E-state index in [-0.39, 0.29) is 18.4 Å². The quantitative estimate of drug-likeness (QED) is 0.290. The number of esters is 1. The maximum absolute atomic E-state index is 13.1. The van der Waals surface area contributed by atoms with Gasteiger partial charge in [-0.3, -0.25) is 9.59 Å². The van der Waals surface area contributed by atoms with E-state index in [1.165, 1.54) is 18.4 Å². The average Bonchev–Trinajstić information content (AvgIpc) is 3.26. The summed E-state index contributed by atoms with van der Waals surface area (Å²) >= 11 is 7.48. The lowest BCUT2D eigenvalue weighted by Crippen LogP contribution is -2.30. The van der Waals surface area contributed by atoms with E-state index in [0.717, 1.165) is 29.7 Å². The van der Waals surface area contributed by atoms with Gasteiger partial charge in [-0.15, -0.1) is 11.3 Å². The highest BCUT2D eigenvalue weighted by Crippen LogP contribution is 2.40. The van der Waals surface area contributed by atoms with Crippen LogP contribution in [0.1, 0.15) is 58.3 Å². The molecular formula is C29H31ClN2O6S. The Labute approximate surface area is 236 Å². The van der Waals surface area contributed by atoms with E-state index in [4.69, 9.17) is 25.8 Å². The number of ether oxygens (including phenoxy) is 3. The molecule has 2 aromatic carbocycles. The van der Waals surface area contributed by atoms with Crippen LogP contribution in [0.15, 0.2) is 42.5 Å². The first-order chi connectivity index (χ1) is 18.7. The van der Waals surface area contributed by atoms with Gasteiger partial charge in [0.05, 0.1) is 25.0 Å². The molecule has 0 saturated heterocycles. The van der Waals surface area contributed by atoms with Gasteiger partial charge in [0.25, 0.3) is 11.8 Å². The molecule has 0 unspecified atom stereocenters. The molecule has 1 aliphatic carbocycles. The number of carbonyl (C=O) groups excluding carboxylic acids is 3. The van der Waals surface area contributed by atoms with E-state index in [0.29, 0.717) is 44.3 Å². The monoisotopic (exact) mass is 570 g/mol. The van der Waals surface area contributed by atoms with E-state index >= 15 is 0 Å². The molecule has 8 nitrogen and oxygen atoms in total. The maximum Gasteiger partial charge on any atom is 0.341 e. The molecule has 0 aliphatic heterocycles. The van der Waals surface area contributed by atoms with Crippen LogP contribution < -0.4 is 20.1 Å². The van der Waals surface area contributed by atoms with Crippen LogP contribution in [0.25, 0.3) is 0 Å². The van der Waals surface area contributed by atoms with Crippen molar-refractivity contribution in [2.45, 2.75) is 46.1 Å². The number of methoxy groups -OCH3 is 1. The molecule has 0 fully saturated rings. The SMILES string of the molecule is CCOC(=O)c1c(NC(=O)c2ccc(O[C@H](C)C(=O)Nc3cc(Cl)ccc3OC)cc2)sc2c1CC[C@H](C)C2. The molecule has 0 bridgehead atoms. The lowest BCUT2D eigenvalue weighted by atomic mass is 9.88. The van der Waals surface area contributed by atoms with Crippen LogP contribution in [0.5, 0.6) is 11.5 Å². The molecule has 3 aromatic rings. The number of benzene rings is 2. The summed E-state index contributed by atoms with van der Waals surface area (Å²) in [4.78, 5) is 39.6. The maximum atomic E-state index is 13.1. The van der Waals surface area contributed by atoms with Gasteiger partial charge >= 0.3 is 5.97 Å². The Kier molecular flexibility index (Phi) is 9.14. The summed E-state index contributed by atoms with van der Waals surface area (Å²) in [6.45, 7) is 5.83. The number of amides is 2. The largest absolute Gasteiger partial charge is 0.495 e. The van der Waals surface area contributed by atoms with Crippen molar-refractivity contribution in [1.29, 1.82) is 0 Å². The Balaban J connectivity index is 1.43. The number of hydrogen-bond acceptors (Lipinski definition) is 7. The van der Waals surface area contributed by atoms with Crippen molar-refractivity contribution in [1.82, 2.24) is 0 Å². The van der Waals surface area contributed by atoms with Gasteiger partial charge < -0.3 is 24.8 Å². The van der Waals surface area contributed by atoms with E-state index < -0.39 is 12.1 Å². The zero-order chi connectivity index (χ0) is 28.1. The summed E-state index contributed by atoms with van der Waals surface area (Å²) in [5, 5.41) is 6.63. The molecule has 1 aliphatic rings. The smallest absolute Gasteiger partial charge is 0.341 e. The summed E-state index contributed by atoms with van der Waals surface area (Å²) in [6.07, 6.45) is 1.83. The Morgan fingerprint density at radius 1 is 1.13 bits per heavy atom. The third-order valence-corrected chi connectivity index (χ3v) is 7.84. The topological polar surface area (TPSA) is 103 Å². The number of halogens is 1. The fourth-order valence-corrected chi connectivity index (χ4v) is 5.95. The van der Waals surface area contributed by atoms with Crippen LogP contribution in [-0.4, -0.2) is 37.6 Å². The van der Waals surface area contributed by atoms with Crippen molar-refractivity contribution in [2.75, 3.05) is 24.4 Å². The summed E-state index contributed by atoms with van der Waals surface area (Å²) < 4.78 is 16.3. The first-order valence-corrected chi connectivity index (χ1v) is 13.9. The normalized spacial score (nSPS) is 15.1. The number of anilines is 2. The van der Waals surface area contributed by atoms with Gasteiger partial charge in [0.1, 0.15) is 16.5 Å². The number of nitrogens with one attached hydrogen (secondary N) is 2. The molecule has 39 heavy (non-hydrogen) atoms. The molecule has 206 valence electrons. The van der Waals surface area contributed by atoms with Crippen molar-refractivity contribution in [2.24, 2.45) is 5.92 Å². The Morgan fingerprint density at radius 2 is 1.87 bits per heavy atom. The third-order valence-electron chi connectivity index (χ3n) is 6.44. The molecule has 10 heteroatoms. The molecule has 2 amide bonds. The summed E-state index contributed by atoms with van der Waals surface area (Å²) in [7, 11) is 1.50. The second-order valence-corrected chi connectivity index (χ2v) is 10.9. The highest BCUT2D eigenvalue weighted by Gasteiger charge is 2.29. The molecule has 2 atom stereocenters. The molecule has 0 saturated carbocycles. The number of thiophene rings is 1. The van der Waals surface area contributed by atoms with Gasteiger partial charge in [-0.2, -0.15) is 0 Å². The van der Waals surface area contributed by atoms with Gasteiger partial charge in [0.15, 0.2) is 6.10 Å². The fourth-order valence-electron chi connectivity index (χ4n) is 4.39. The Bertz CT molecular complexity index is 1370. The molecule has 1 heterocycles. The van der Waals surface area contributed by atoms with Gasteiger partial charge in [0, 0.05) is 15.5 Å². The average molecular weight is 571 g/mol. The predicted octanol–water partition coefficient (Wildman–Crippen LogP) is 6.37. The lowest BCUT2D eigenvalue weighted by Gasteiger charge is -2.18. The van der Waals surface area contributed by atoms with Crippen LogP contribution >= 0.6 is 22.9 Å². The summed E-state index contributed by atoms with van der Waals surface area (Å²) in [5.41, 5.74) is 2.27. The molecule has 2 N–H and O–H groups in total. The Hall–Kier alpha value is -3.56. The predicted molar refractivity (Wildman–Crippen MR) is 153 cm³/mol. The van der Waals surface area contributed by atoms with Gasteiger partial charge in [0.2, 0.25) is 0 Å². The van der Waals surface area contributed by atoms with Crippen LogP contribution in [-0.2, 0) is 22.4 Å². The van der Waals surface area contributed by atoms with Gasteiger partial charge in [-0.1, -0.05) is 18.5 Å². The van der Waals surface area contributed by atoms with Crippen molar-refractivity contribution >= 4 is 51.4 Å². The van der Waals surface area contributed by atoms with E-state index in [2.05, 4.69) is 17.6 Å².